The van der Waals surface area contributed by atoms with Crippen molar-refractivity contribution in [3.8, 4) is 0 Å². The third kappa shape index (κ3) is 6.40. The largest absolute Gasteiger partial charge is 0.370 e. The number of anilines is 3. The number of benzene rings is 1. The molecular weight excluding hydrogens is 366 g/mol. The van der Waals surface area contributed by atoms with Crippen LogP contribution in [0.2, 0.25) is 0 Å². The number of hydrogen-bond acceptors (Lipinski definition) is 7. The highest BCUT2D eigenvalue weighted by Gasteiger charge is 2.14. The second kappa shape index (κ2) is 10.2. The summed E-state index contributed by atoms with van der Waals surface area (Å²) in [5, 5.41) is 6.15. The first-order valence-corrected chi connectivity index (χ1v) is 10.1. The van der Waals surface area contributed by atoms with Crippen molar-refractivity contribution in [1.82, 2.24) is 19.8 Å². The van der Waals surface area contributed by atoms with E-state index in [-0.39, 0.29) is 5.91 Å². The number of rotatable bonds is 8. The topological polar surface area (TPSA) is 76.6 Å². The molecule has 0 atom stereocenters. The Hall–Kier alpha value is -2.71. The van der Waals surface area contributed by atoms with Crippen LogP contribution >= 0.6 is 0 Å². The molecule has 8 heteroatoms. The highest BCUT2D eigenvalue weighted by molar-refractivity contribution is 6.03. The van der Waals surface area contributed by atoms with Crippen molar-refractivity contribution in [2.75, 3.05) is 75.9 Å². The predicted molar refractivity (Wildman–Crippen MR) is 118 cm³/mol. The van der Waals surface area contributed by atoms with Gasteiger partial charge >= 0.3 is 0 Å². The standard InChI is InChI=1S/C21H31N7O/c1-26(2)10-4-9-22-20-15-19(23-16-24-20)21(29)25-17-5-7-18(8-6-17)28-13-11-27(3)12-14-28/h5-8,15-16H,4,9-14H2,1-3H3,(H,25,29)(H,22,23,24). The van der Waals surface area contributed by atoms with Gasteiger partial charge in [-0.2, -0.15) is 0 Å². The summed E-state index contributed by atoms with van der Waals surface area (Å²) in [6.45, 7) is 5.97. The molecule has 1 saturated heterocycles. The van der Waals surface area contributed by atoms with Gasteiger partial charge in [0.2, 0.25) is 0 Å². The summed E-state index contributed by atoms with van der Waals surface area (Å²) in [5.74, 6) is 0.422. The molecule has 2 aromatic rings. The highest BCUT2D eigenvalue weighted by atomic mass is 16.1. The molecule has 1 aromatic heterocycles. The van der Waals surface area contributed by atoms with Crippen LogP contribution in [-0.4, -0.2) is 86.1 Å². The number of nitrogens with one attached hydrogen (secondary N) is 2. The molecule has 0 aliphatic carbocycles. The molecule has 1 aliphatic heterocycles. The molecule has 1 aliphatic rings. The lowest BCUT2D eigenvalue weighted by molar-refractivity contribution is 0.102. The van der Waals surface area contributed by atoms with Gasteiger partial charge in [-0.3, -0.25) is 4.79 Å². The first-order valence-electron chi connectivity index (χ1n) is 10.1. The molecule has 8 nitrogen and oxygen atoms in total. The van der Waals surface area contributed by atoms with E-state index >= 15 is 0 Å². The molecular formula is C21H31N7O. The number of nitrogens with zero attached hydrogens (tertiary/aromatic N) is 5. The number of carbonyl (C=O) groups excluding carboxylic acids is 1. The van der Waals surface area contributed by atoms with Crippen LogP contribution in [0.25, 0.3) is 0 Å². The van der Waals surface area contributed by atoms with Crippen LogP contribution in [0.3, 0.4) is 0 Å². The highest BCUT2D eigenvalue weighted by Crippen LogP contribution is 2.19. The average Bonchev–Trinajstić information content (AvgIpc) is 2.72. The van der Waals surface area contributed by atoms with Gasteiger partial charge in [0, 0.05) is 50.2 Å². The van der Waals surface area contributed by atoms with Crippen molar-refractivity contribution in [3.05, 3.63) is 42.4 Å². The first kappa shape index (κ1) is 21.0. The van der Waals surface area contributed by atoms with Crippen molar-refractivity contribution in [3.63, 3.8) is 0 Å². The molecule has 3 rings (SSSR count). The van der Waals surface area contributed by atoms with Crippen LogP contribution in [0.15, 0.2) is 36.7 Å². The zero-order chi connectivity index (χ0) is 20.6. The molecule has 1 fully saturated rings. The van der Waals surface area contributed by atoms with Crippen LogP contribution in [-0.2, 0) is 0 Å². The maximum atomic E-state index is 12.6. The van der Waals surface area contributed by atoms with Gasteiger partial charge in [0.15, 0.2) is 0 Å². The minimum absolute atomic E-state index is 0.240. The van der Waals surface area contributed by atoms with Gasteiger partial charge in [-0.05, 0) is 58.4 Å². The Kier molecular flexibility index (Phi) is 7.37. The second-order valence-electron chi connectivity index (χ2n) is 7.66. The van der Waals surface area contributed by atoms with Crippen LogP contribution in [0.4, 0.5) is 17.2 Å². The lowest BCUT2D eigenvalue weighted by atomic mass is 10.2. The molecule has 1 amide bonds. The fourth-order valence-corrected chi connectivity index (χ4v) is 3.21. The molecule has 2 heterocycles. The average molecular weight is 398 g/mol. The van der Waals surface area contributed by atoms with Crippen molar-refractivity contribution < 1.29 is 4.79 Å². The zero-order valence-corrected chi connectivity index (χ0v) is 17.6. The summed E-state index contributed by atoms with van der Waals surface area (Å²) in [7, 11) is 6.24. The Morgan fingerprint density at radius 3 is 2.52 bits per heavy atom. The van der Waals surface area contributed by atoms with E-state index in [4.69, 9.17) is 0 Å². The fourth-order valence-electron chi connectivity index (χ4n) is 3.21. The Labute approximate surface area is 172 Å². The fraction of sp³-hybridized carbons (Fsp3) is 0.476. The summed E-state index contributed by atoms with van der Waals surface area (Å²) in [6, 6.07) is 9.67. The Morgan fingerprint density at radius 2 is 1.83 bits per heavy atom. The summed E-state index contributed by atoms with van der Waals surface area (Å²) >= 11 is 0. The van der Waals surface area contributed by atoms with Crippen molar-refractivity contribution in [2.24, 2.45) is 0 Å². The summed E-state index contributed by atoms with van der Waals surface area (Å²) in [5.41, 5.74) is 2.28. The molecule has 0 spiro atoms. The van der Waals surface area contributed by atoms with Crippen molar-refractivity contribution in [2.45, 2.75) is 6.42 Å². The lowest BCUT2D eigenvalue weighted by Gasteiger charge is -2.34. The van der Waals surface area contributed by atoms with Gasteiger partial charge < -0.3 is 25.3 Å². The van der Waals surface area contributed by atoms with E-state index < -0.39 is 0 Å². The first-order chi connectivity index (χ1) is 14.0. The zero-order valence-electron chi connectivity index (χ0n) is 17.6. The Bertz CT molecular complexity index is 786. The van der Waals surface area contributed by atoms with Gasteiger partial charge in [-0.1, -0.05) is 0 Å². The van der Waals surface area contributed by atoms with E-state index in [1.165, 1.54) is 12.0 Å². The molecule has 0 radical (unpaired) electrons. The summed E-state index contributed by atoms with van der Waals surface area (Å²) in [4.78, 5) is 27.7. The van der Waals surface area contributed by atoms with Crippen LogP contribution in [0.1, 0.15) is 16.9 Å². The number of likely N-dealkylation sites (N-methyl/N-ethyl adjacent to an activating group) is 1. The second-order valence-corrected chi connectivity index (χ2v) is 7.66. The number of carbonyl (C=O) groups is 1. The van der Waals surface area contributed by atoms with Crippen molar-refractivity contribution in [1.29, 1.82) is 0 Å². The SMILES string of the molecule is CN(C)CCCNc1cc(C(=O)Nc2ccc(N3CCN(C)CC3)cc2)ncn1. The maximum Gasteiger partial charge on any atom is 0.274 e. The number of amides is 1. The molecule has 0 unspecified atom stereocenters. The minimum Gasteiger partial charge on any atom is -0.370 e. The van der Waals surface area contributed by atoms with Crippen LogP contribution in [0, 0.1) is 0 Å². The van der Waals surface area contributed by atoms with E-state index in [9.17, 15) is 4.79 Å². The van der Waals surface area contributed by atoms with E-state index in [0.717, 1.165) is 51.4 Å². The summed E-state index contributed by atoms with van der Waals surface area (Å²) in [6.07, 6.45) is 2.41. The number of piperazine rings is 1. The van der Waals surface area contributed by atoms with E-state index in [0.29, 0.717) is 11.5 Å². The van der Waals surface area contributed by atoms with E-state index in [1.807, 2.05) is 26.2 Å². The van der Waals surface area contributed by atoms with Crippen LogP contribution in [0.5, 0.6) is 0 Å². The number of hydrogen-bond donors (Lipinski definition) is 2. The Morgan fingerprint density at radius 1 is 1.10 bits per heavy atom. The van der Waals surface area contributed by atoms with Gasteiger partial charge in [0.25, 0.3) is 5.91 Å². The third-order valence-electron chi connectivity index (χ3n) is 4.98. The normalized spacial score (nSPS) is 14.8. The molecule has 1 aromatic carbocycles. The van der Waals surface area contributed by atoms with Gasteiger partial charge in [-0.15, -0.1) is 0 Å². The predicted octanol–water partition coefficient (Wildman–Crippen LogP) is 1.84. The van der Waals surface area contributed by atoms with Crippen molar-refractivity contribution >= 4 is 23.1 Å². The monoisotopic (exact) mass is 397 g/mol. The third-order valence-corrected chi connectivity index (χ3v) is 4.98. The molecule has 2 N–H and O–H groups in total. The van der Waals surface area contributed by atoms with Gasteiger partial charge in [0.1, 0.15) is 17.8 Å². The van der Waals surface area contributed by atoms with E-state index in [1.54, 1.807) is 6.07 Å². The van der Waals surface area contributed by atoms with E-state index in [2.05, 4.69) is 54.5 Å². The Balaban J connectivity index is 1.54. The maximum absolute atomic E-state index is 12.6. The molecule has 0 bridgehead atoms. The lowest BCUT2D eigenvalue weighted by Crippen LogP contribution is -2.44. The quantitative estimate of drug-likeness (QED) is 0.658. The molecule has 0 saturated carbocycles. The van der Waals surface area contributed by atoms with Crippen LogP contribution < -0.4 is 15.5 Å². The molecule has 29 heavy (non-hydrogen) atoms. The smallest absolute Gasteiger partial charge is 0.274 e. The minimum atomic E-state index is -0.240. The van der Waals surface area contributed by atoms with Gasteiger partial charge in [0.05, 0.1) is 0 Å². The summed E-state index contributed by atoms with van der Waals surface area (Å²) < 4.78 is 0. The van der Waals surface area contributed by atoms with Gasteiger partial charge in [-0.25, -0.2) is 9.97 Å². The number of aromatic nitrogens is 2. The molecule has 156 valence electrons.